The first kappa shape index (κ1) is 15.2. The van der Waals surface area contributed by atoms with Gasteiger partial charge in [-0.3, -0.25) is 9.59 Å². The highest BCUT2D eigenvalue weighted by molar-refractivity contribution is 6.07. The monoisotopic (exact) mass is 304 g/mol. The van der Waals surface area contributed by atoms with E-state index in [1.165, 1.54) is 12.1 Å². The summed E-state index contributed by atoms with van der Waals surface area (Å²) in [4.78, 5) is 25.6. The molecule has 0 bridgehead atoms. The van der Waals surface area contributed by atoms with Crippen LogP contribution < -0.4 is 0 Å². The van der Waals surface area contributed by atoms with E-state index >= 15 is 0 Å². The Kier molecular flexibility index (Phi) is 4.02. The molecule has 1 aliphatic heterocycles. The van der Waals surface area contributed by atoms with Gasteiger partial charge in [0.15, 0.2) is 5.78 Å². The van der Waals surface area contributed by atoms with E-state index in [0.29, 0.717) is 24.8 Å². The van der Waals surface area contributed by atoms with Crippen LogP contribution in [0.25, 0.3) is 0 Å². The van der Waals surface area contributed by atoms with Crippen molar-refractivity contribution >= 4 is 11.8 Å². The highest BCUT2D eigenvalue weighted by Crippen LogP contribution is 2.48. The largest absolute Gasteiger partial charge is 0.456 e. The van der Waals surface area contributed by atoms with Gasteiger partial charge in [0, 0.05) is 0 Å². The lowest BCUT2D eigenvalue weighted by Gasteiger charge is -2.43. The summed E-state index contributed by atoms with van der Waals surface area (Å²) in [6, 6.07) is 5.88. The fraction of sp³-hybridized carbons (Fsp3) is 0.556. The van der Waals surface area contributed by atoms with Crippen molar-refractivity contribution in [2.75, 3.05) is 0 Å². The molecule has 0 radical (unpaired) electrons. The topological polar surface area (TPSA) is 43.4 Å². The van der Waals surface area contributed by atoms with E-state index in [4.69, 9.17) is 4.74 Å². The SMILES string of the molecule is CC[C@H]1C(=O)C2(CCCCC2)C(=O)O[C@@H]1c1ccc(F)cc1. The maximum atomic E-state index is 13.1. The Morgan fingerprint density at radius 1 is 1.14 bits per heavy atom. The van der Waals surface area contributed by atoms with E-state index in [2.05, 4.69) is 0 Å². The average Bonchev–Trinajstić information content (AvgIpc) is 2.54. The first-order chi connectivity index (χ1) is 10.6. The number of ether oxygens (including phenoxy) is 1. The van der Waals surface area contributed by atoms with Crippen LogP contribution in [-0.4, -0.2) is 11.8 Å². The number of halogens is 1. The molecule has 1 heterocycles. The average molecular weight is 304 g/mol. The second kappa shape index (κ2) is 5.82. The van der Waals surface area contributed by atoms with Gasteiger partial charge < -0.3 is 4.74 Å². The van der Waals surface area contributed by atoms with Crippen LogP contribution in [0.1, 0.15) is 57.1 Å². The molecule has 1 spiro atoms. The molecule has 0 N–H and O–H groups in total. The normalized spacial score (nSPS) is 27.7. The molecule has 3 rings (SSSR count). The summed E-state index contributed by atoms with van der Waals surface area (Å²) in [7, 11) is 0. The predicted octanol–water partition coefficient (Wildman–Crippen LogP) is 3.97. The number of hydrogen-bond acceptors (Lipinski definition) is 3. The zero-order valence-electron chi connectivity index (χ0n) is 12.8. The van der Waals surface area contributed by atoms with Gasteiger partial charge in [-0.25, -0.2) is 4.39 Å². The number of carbonyl (C=O) groups is 2. The van der Waals surface area contributed by atoms with E-state index in [-0.39, 0.29) is 23.5 Å². The van der Waals surface area contributed by atoms with Crippen LogP contribution in [0, 0.1) is 17.2 Å². The van der Waals surface area contributed by atoms with Crippen molar-refractivity contribution in [1.82, 2.24) is 0 Å². The summed E-state index contributed by atoms with van der Waals surface area (Å²) >= 11 is 0. The Morgan fingerprint density at radius 3 is 2.36 bits per heavy atom. The minimum absolute atomic E-state index is 0.0280. The Bertz CT molecular complexity index is 572. The van der Waals surface area contributed by atoms with E-state index in [9.17, 15) is 14.0 Å². The van der Waals surface area contributed by atoms with Crippen LogP contribution in [0.4, 0.5) is 4.39 Å². The maximum Gasteiger partial charge on any atom is 0.320 e. The van der Waals surface area contributed by atoms with Crippen LogP contribution in [0.2, 0.25) is 0 Å². The molecule has 1 aliphatic carbocycles. The third-order valence-corrected chi connectivity index (χ3v) is 5.14. The van der Waals surface area contributed by atoms with Crippen molar-refractivity contribution < 1.29 is 18.7 Å². The van der Waals surface area contributed by atoms with Crippen molar-refractivity contribution in [3.8, 4) is 0 Å². The second-order valence-electron chi connectivity index (χ2n) is 6.40. The van der Waals surface area contributed by atoms with Crippen LogP contribution >= 0.6 is 0 Å². The minimum Gasteiger partial charge on any atom is -0.456 e. The first-order valence-electron chi connectivity index (χ1n) is 8.09. The molecule has 1 saturated carbocycles. The fourth-order valence-corrected chi connectivity index (χ4v) is 3.86. The van der Waals surface area contributed by atoms with Crippen molar-refractivity contribution in [2.45, 2.75) is 51.6 Å². The van der Waals surface area contributed by atoms with Crippen molar-refractivity contribution in [2.24, 2.45) is 11.3 Å². The van der Waals surface area contributed by atoms with Crippen molar-refractivity contribution in [3.05, 3.63) is 35.6 Å². The molecule has 22 heavy (non-hydrogen) atoms. The quantitative estimate of drug-likeness (QED) is 0.613. The third-order valence-electron chi connectivity index (χ3n) is 5.14. The molecular weight excluding hydrogens is 283 g/mol. The maximum absolute atomic E-state index is 13.1. The van der Waals surface area contributed by atoms with E-state index < -0.39 is 11.5 Å². The van der Waals surface area contributed by atoms with E-state index in [1.54, 1.807) is 12.1 Å². The number of hydrogen-bond donors (Lipinski definition) is 0. The predicted molar refractivity (Wildman–Crippen MR) is 79.5 cm³/mol. The molecule has 1 saturated heterocycles. The Balaban J connectivity index is 1.93. The molecule has 118 valence electrons. The number of esters is 1. The third kappa shape index (κ3) is 2.34. The van der Waals surface area contributed by atoms with Gasteiger partial charge in [0.05, 0.1) is 5.92 Å². The first-order valence-corrected chi connectivity index (χ1v) is 8.09. The van der Waals surface area contributed by atoms with Gasteiger partial charge in [-0.05, 0) is 37.0 Å². The van der Waals surface area contributed by atoms with Crippen LogP contribution in [0.15, 0.2) is 24.3 Å². The minimum atomic E-state index is -0.921. The Morgan fingerprint density at radius 2 is 1.77 bits per heavy atom. The summed E-state index contributed by atoms with van der Waals surface area (Å²) in [5, 5.41) is 0. The van der Waals surface area contributed by atoms with E-state index in [0.717, 1.165) is 19.3 Å². The Labute approximate surface area is 129 Å². The van der Waals surface area contributed by atoms with Gasteiger partial charge >= 0.3 is 5.97 Å². The summed E-state index contributed by atoms with van der Waals surface area (Å²) < 4.78 is 18.8. The fourth-order valence-electron chi connectivity index (χ4n) is 3.86. The lowest BCUT2D eigenvalue weighted by atomic mass is 9.64. The van der Waals surface area contributed by atoms with Gasteiger partial charge in [-0.1, -0.05) is 38.3 Å². The molecule has 2 fully saturated rings. The standard InChI is InChI=1S/C18H21FO3/c1-2-14-15(12-6-8-13(19)9-7-12)22-17(21)18(16(14)20)10-4-3-5-11-18/h6-9,14-15H,2-5,10-11H2,1H3/t14-,15-/m1/s1. The Hall–Kier alpha value is -1.71. The number of rotatable bonds is 2. The van der Waals surface area contributed by atoms with E-state index in [1.807, 2.05) is 6.92 Å². The molecule has 0 unspecified atom stereocenters. The van der Waals surface area contributed by atoms with Crippen LogP contribution in [-0.2, 0) is 14.3 Å². The van der Waals surface area contributed by atoms with Crippen LogP contribution in [0.3, 0.4) is 0 Å². The highest BCUT2D eigenvalue weighted by atomic mass is 19.1. The van der Waals surface area contributed by atoms with Crippen molar-refractivity contribution in [1.29, 1.82) is 0 Å². The van der Waals surface area contributed by atoms with Gasteiger partial charge in [-0.2, -0.15) is 0 Å². The molecule has 3 nitrogen and oxygen atoms in total. The van der Waals surface area contributed by atoms with Crippen molar-refractivity contribution in [3.63, 3.8) is 0 Å². The molecule has 0 amide bonds. The summed E-state index contributed by atoms with van der Waals surface area (Å²) in [6.07, 6.45) is 4.13. The lowest BCUT2D eigenvalue weighted by molar-refractivity contribution is -0.184. The molecule has 2 atom stereocenters. The number of cyclic esters (lactones) is 1. The van der Waals surface area contributed by atoms with Gasteiger partial charge in [-0.15, -0.1) is 0 Å². The number of benzene rings is 1. The van der Waals surface area contributed by atoms with Crippen LogP contribution in [0.5, 0.6) is 0 Å². The number of carbonyl (C=O) groups excluding carboxylic acids is 2. The van der Waals surface area contributed by atoms with Gasteiger partial charge in [0.25, 0.3) is 0 Å². The summed E-state index contributed by atoms with van der Waals surface area (Å²) in [5.41, 5.74) is -0.226. The molecule has 1 aromatic carbocycles. The molecule has 1 aromatic rings. The molecule has 0 aromatic heterocycles. The summed E-state index contributed by atoms with van der Waals surface area (Å²) in [5.74, 6) is -1.02. The summed E-state index contributed by atoms with van der Waals surface area (Å²) in [6.45, 7) is 1.94. The van der Waals surface area contributed by atoms with Gasteiger partial charge in [0.1, 0.15) is 17.3 Å². The zero-order valence-corrected chi connectivity index (χ0v) is 12.8. The molecule has 2 aliphatic rings. The number of ketones is 1. The molecular formula is C18H21FO3. The highest BCUT2D eigenvalue weighted by Gasteiger charge is 2.55. The molecule has 4 heteroatoms. The van der Waals surface area contributed by atoms with Gasteiger partial charge in [0.2, 0.25) is 0 Å². The second-order valence-corrected chi connectivity index (χ2v) is 6.40. The lowest BCUT2D eigenvalue weighted by Crippen LogP contribution is -2.51. The zero-order chi connectivity index (χ0) is 15.7. The smallest absolute Gasteiger partial charge is 0.320 e. The number of Topliss-reactive ketones (excluding diaryl/α,β-unsaturated/α-hetero) is 1.